The average Bonchev–Trinajstić information content (AvgIpc) is 2.84. The minimum absolute atomic E-state index is 0.0978. The molecular formula is C20H26N2O3. The first-order valence-corrected chi connectivity index (χ1v) is 8.88. The Kier molecular flexibility index (Phi) is 3.62. The van der Waals surface area contributed by atoms with Crippen molar-refractivity contribution in [1.29, 1.82) is 0 Å². The summed E-state index contributed by atoms with van der Waals surface area (Å²) in [7, 11) is 5.43. The molecule has 1 aromatic carbocycles. The lowest BCUT2D eigenvalue weighted by Gasteiger charge is -2.47. The highest BCUT2D eigenvalue weighted by Gasteiger charge is 2.48. The molecule has 25 heavy (non-hydrogen) atoms. The van der Waals surface area contributed by atoms with Crippen LogP contribution in [0.15, 0.2) is 23.4 Å². The van der Waals surface area contributed by atoms with Crippen LogP contribution in [0.4, 0.5) is 0 Å². The number of fused-ring (bicyclic) bond motifs is 4. The third-order valence-electron chi connectivity index (χ3n) is 6.22. The van der Waals surface area contributed by atoms with Crippen LogP contribution >= 0.6 is 0 Å². The van der Waals surface area contributed by atoms with Crippen molar-refractivity contribution in [2.75, 3.05) is 34.4 Å². The van der Waals surface area contributed by atoms with Gasteiger partial charge in [-0.15, -0.1) is 0 Å². The van der Waals surface area contributed by atoms with Crippen LogP contribution in [-0.4, -0.2) is 55.5 Å². The first-order valence-electron chi connectivity index (χ1n) is 8.88. The number of nitrogens with zero attached hydrogens (tertiary/aromatic N) is 2. The van der Waals surface area contributed by atoms with E-state index in [2.05, 4.69) is 42.8 Å². The largest absolute Gasteiger partial charge is 0.493 e. The van der Waals surface area contributed by atoms with Gasteiger partial charge in [0.05, 0.1) is 25.8 Å². The number of rotatable bonds is 2. The molecular weight excluding hydrogens is 316 g/mol. The lowest BCUT2D eigenvalue weighted by atomic mass is 9.82. The molecule has 0 saturated carbocycles. The van der Waals surface area contributed by atoms with Crippen LogP contribution in [-0.2, 0) is 11.2 Å². The number of hydrogen-bond donors (Lipinski definition) is 0. The maximum Gasteiger partial charge on any atom is 0.164 e. The van der Waals surface area contributed by atoms with Crippen molar-refractivity contribution in [3.63, 3.8) is 0 Å². The van der Waals surface area contributed by atoms with Crippen LogP contribution in [0, 0.1) is 0 Å². The van der Waals surface area contributed by atoms with Gasteiger partial charge in [0.1, 0.15) is 0 Å². The van der Waals surface area contributed by atoms with E-state index in [1.807, 2.05) is 0 Å². The topological polar surface area (TPSA) is 42.0 Å². The summed E-state index contributed by atoms with van der Waals surface area (Å²) < 4.78 is 11.0. The van der Waals surface area contributed by atoms with Gasteiger partial charge < -0.3 is 14.4 Å². The molecule has 5 heteroatoms. The normalized spacial score (nSPS) is 24.8. The van der Waals surface area contributed by atoms with E-state index in [1.54, 1.807) is 14.2 Å². The van der Waals surface area contributed by atoms with Crippen LogP contribution in [0.25, 0.3) is 0 Å². The van der Waals surface area contributed by atoms with Crippen molar-refractivity contribution in [2.45, 2.75) is 38.3 Å². The smallest absolute Gasteiger partial charge is 0.164 e. The summed E-state index contributed by atoms with van der Waals surface area (Å²) >= 11 is 0. The highest BCUT2D eigenvalue weighted by molar-refractivity contribution is 5.99. The summed E-state index contributed by atoms with van der Waals surface area (Å²) in [5, 5.41) is 0. The maximum absolute atomic E-state index is 12.9. The molecule has 1 aromatic rings. The zero-order valence-corrected chi connectivity index (χ0v) is 15.7. The predicted octanol–water partition coefficient (Wildman–Crippen LogP) is 2.55. The number of likely N-dealkylation sites (N-methyl/N-ethyl adjacent to an activating group) is 1. The fraction of sp³-hybridized carbons (Fsp3) is 0.550. The molecule has 0 N–H and O–H groups in total. The van der Waals surface area contributed by atoms with E-state index in [-0.39, 0.29) is 17.4 Å². The van der Waals surface area contributed by atoms with Crippen molar-refractivity contribution in [3.8, 4) is 11.5 Å². The number of methoxy groups -OCH3 is 2. The number of ketones is 1. The zero-order chi connectivity index (χ0) is 17.9. The van der Waals surface area contributed by atoms with E-state index in [4.69, 9.17) is 9.47 Å². The van der Waals surface area contributed by atoms with Gasteiger partial charge in [-0.3, -0.25) is 9.69 Å². The molecule has 4 rings (SSSR count). The van der Waals surface area contributed by atoms with E-state index in [1.165, 1.54) is 16.8 Å². The Balaban J connectivity index is 1.82. The molecule has 5 nitrogen and oxygen atoms in total. The van der Waals surface area contributed by atoms with Gasteiger partial charge in [0.15, 0.2) is 17.3 Å². The number of benzene rings is 1. The van der Waals surface area contributed by atoms with Gasteiger partial charge in [-0.25, -0.2) is 0 Å². The molecule has 0 amide bonds. The maximum atomic E-state index is 12.9. The number of carbonyl (C=O) groups excluding carboxylic acids is 1. The molecule has 3 aliphatic heterocycles. The Bertz CT molecular complexity index is 781. The fourth-order valence-electron chi connectivity index (χ4n) is 4.62. The fourth-order valence-corrected chi connectivity index (χ4v) is 4.62. The predicted molar refractivity (Wildman–Crippen MR) is 96.1 cm³/mol. The van der Waals surface area contributed by atoms with Gasteiger partial charge >= 0.3 is 0 Å². The molecule has 0 spiro atoms. The molecule has 0 saturated heterocycles. The lowest BCUT2D eigenvalue weighted by Crippen LogP contribution is -2.47. The molecule has 1 unspecified atom stereocenters. The quantitative estimate of drug-likeness (QED) is 0.826. The standard InChI is InChI=1S/C20H26N2O3/c1-20(2)19-14(11-21(20)3)16(23)10-15-13-9-18(25-5)17(24-4)8-12(13)6-7-22(15)19/h8-9,15H,6-7,10-11H2,1-5H3. The summed E-state index contributed by atoms with van der Waals surface area (Å²) in [6, 6.07) is 4.24. The Morgan fingerprint density at radius 3 is 2.52 bits per heavy atom. The first-order chi connectivity index (χ1) is 11.9. The zero-order valence-electron chi connectivity index (χ0n) is 15.7. The molecule has 3 heterocycles. The Labute approximate surface area is 149 Å². The Morgan fingerprint density at radius 1 is 1.16 bits per heavy atom. The van der Waals surface area contributed by atoms with Crippen molar-refractivity contribution < 1.29 is 14.3 Å². The molecule has 0 aromatic heterocycles. The van der Waals surface area contributed by atoms with E-state index in [9.17, 15) is 4.79 Å². The van der Waals surface area contributed by atoms with Gasteiger partial charge in [-0.2, -0.15) is 0 Å². The van der Waals surface area contributed by atoms with Crippen LogP contribution < -0.4 is 9.47 Å². The molecule has 134 valence electrons. The molecule has 3 aliphatic rings. The van der Waals surface area contributed by atoms with E-state index in [0.29, 0.717) is 6.42 Å². The van der Waals surface area contributed by atoms with Gasteiger partial charge in [-0.05, 0) is 50.6 Å². The molecule has 0 fully saturated rings. The third-order valence-corrected chi connectivity index (χ3v) is 6.22. The van der Waals surface area contributed by atoms with Crippen LogP contribution in [0.2, 0.25) is 0 Å². The first kappa shape index (κ1) is 16.5. The SMILES string of the molecule is COc1cc2c(cc1OC)C1CC(=O)C3=C(N1CC2)C(C)(C)N(C)C3. The van der Waals surface area contributed by atoms with Crippen LogP contribution in [0.3, 0.4) is 0 Å². The van der Waals surface area contributed by atoms with Gasteiger partial charge in [0, 0.05) is 30.8 Å². The van der Waals surface area contributed by atoms with Crippen LogP contribution in [0.1, 0.15) is 37.4 Å². The molecule has 1 atom stereocenters. The van der Waals surface area contributed by atoms with Crippen molar-refractivity contribution in [2.24, 2.45) is 0 Å². The number of hydrogen-bond acceptors (Lipinski definition) is 5. The van der Waals surface area contributed by atoms with E-state index in [0.717, 1.165) is 36.6 Å². The monoisotopic (exact) mass is 342 g/mol. The summed E-state index contributed by atoms with van der Waals surface area (Å²) in [5.74, 6) is 1.78. The summed E-state index contributed by atoms with van der Waals surface area (Å²) in [5.41, 5.74) is 4.58. The molecule has 0 aliphatic carbocycles. The summed E-state index contributed by atoms with van der Waals surface area (Å²) in [6.07, 6.45) is 1.50. The number of ether oxygens (including phenoxy) is 2. The minimum atomic E-state index is -0.113. The summed E-state index contributed by atoms with van der Waals surface area (Å²) in [6.45, 7) is 6.13. The second-order valence-corrected chi connectivity index (χ2v) is 7.73. The van der Waals surface area contributed by atoms with E-state index >= 15 is 0 Å². The third kappa shape index (κ3) is 2.21. The van der Waals surface area contributed by atoms with Crippen molar-refractivity contribution >= 4 is 5.78 Å². The Morgan fingerprint density at radius 2 is 1.84 bits per heavy atom. The average molecular weight is 342 g/mol. The van der Waals surface area contributed by atoms with E-state index < -0.39 is 0 Å². The van der Waals surface area contributed by atoms with Crippen molar-refractivity contribution in [1.82, 2.24) is 9.80 Å². The van der Waals surface area contributed by atoms with Gasteiger partial charge in [0.2, 0.25) is 0 Å². The van der Waals surface area contributed by atoms with Gasteiger partial charge in [0.25, 0.3) is 0 Å². The van der Waals surface area contributed by atoms with Crippen molar-refractivity contribution in [3.05, 3.63) is 34.5 Å². The Hall–Kier alpha value is -2.01. The van der Waals surface area contributed by atoms with Gasteiger partial charge in [-0.1, -0.05) is 0 Å². The molecule has 0 radical (unpaired) electrons. The number of carbonyl (C=O) groups is 1. The molecule has 0 bridgehead atoms. The second kappa shape index (κ2) is 5.49. The second-order valence-electron chi connectivity index (χ2n) is 7.73. The highest BCUT2D eigenvalue weighted by atomic mass is 16.5. The van der Waals surface area contributed by atoms with Crippen LogP contribution in [0.5, 0.6) is 11.5 Å². The highest BCUT2D eigenvalue weighted by Crippen LogP contribution is 2.48. The lowest BCUT2D eigenvalue weighted by molar-refractivity contribution is -0.117. The minimum Gasteiger partial charge on any atom is -0.493 e. The summed E-state index contributed by atoms with van der Waals surface area (Å²) in [4.78, 5) is 17.6. The number of Topliss-reactive ketones (excluding diaryl/α,β-unsaturated/α-hetero) is 1.